The van der Waals surface area contributed by atoms with Gasteiger partial charge in [-0.15, -0.1) is 0 Å². The zero-order chi connectivity index (χ0) is 15.1. The molecule has 1 amide bonds. The first-order chi connectivity index (χ1) is 9.40. The smallest absolute Gasteiger partial charge is 0.236 e. The number of hydrogen-bond donors (Lipinski definition) is 1. The van der Waals surface area contributed by atoms with Gasteiger partial charge in [-0.3, -0.25) is 9.69 Å². The maximum absolute atomic E-state index is 12.3. The zero-order valence-electron chi connectivity index (χ0n) is 13.1. The summed E-state index contributed by atoms with van der Waals surface area (Å²) in [5, 5.41) is 0. The van der Waals surface area contributed by atoms with Gasteiger partial charge < -0.3 is 10.6 Å². The van der Waals surface area contributed by atoms with Gasteiger partial charge in [0.15, 0.2) is 0 Å². The van der Waals surface area contributed by atoms with Gasteiger partial charge in [-0.2, -0.15) is 0 Å². The van der Waals surface area contributed by atoms with Crippen LogP contribution in [-0.2, 0) is 4.79 Å². The Morgan fingerprint density at radius 1 is 1.35 bits per heavy atom. The van der Waals surface area contributed by atoms with Crippen molar-refractivity contribution in [3.05, 3.63) is 0 Å². The van der Waals surface area contributed by atoms with Gasteiger partial charge in [-0.05, 0) is 18.8 Å². The van der Waals surface area contributed by atoms with E-state index >= 15 is 0 Å². The molecule has 1 aliphatic rings. The summed E-state index contributed by atoms with van der Waals surface area (Å²) in [4.78, 5) is 16.9. The molecule has 1 aliphatic carbocycles. The van der Waals surface area contributed by atoms with Crippen molar-refractivity contribution in [3.8, 4) is 0 Å². The Hall–Kier alpha value is -0.680. The SMILES string of the molecule is CC(C)CN(CC(=O)N(C)CCC(N)=S)C1CCCC1. The molecular formula is C15H29N3OS. The second-order valence-corrected chi connectivity index (χ2v) is 6.82. The van der Waals surface area contributed by atoms with Crippen LogP contribution in [0.25, 0.3) is 0 Å². The number of amides is 1. The van der Waals surface area contributed by atoms with E-state index in [9.17, 15) is 4.79 Å². The first kappa shape index (κ1) is 17.4. The Morgan fingerprint density at radius 3 is 2.45 bits per heavy atom. The van der Waals surface area contributed by atoms with Crippen molar-refractivity contribution < 1.29 is 4.79 Å². The highest BCUT2D eigenvalue weighted by atomic mass is 32.1. The van der Waals surface area contributed by atoms with Crippen molar-refractivity contribution in [3.63, 3.8) is 0 Å². The number of carbonyl (C=O) groups is 1. The minimum atomic E-state index is 0.175. The molecule has 116 valence electrons. The molecule has 0 radical (unpaired) electrons. The lowest BCUT2D eigenvalue weighted by atomic mass is 10.1. The summed E-state index contributed by atoms with van der Waals surface area (Å²) in [6.45, 7) is 6.57. The predicted molar refractivity (Wildman–Crippen MR) is 87.7 cm³/mol. The van der Waals surface area contributed by atoms with Crippen LogP contribution in [0.1, 0.15) is 46.0 Å². The molecular weight excluding hydrogens is 270 g/mol. The van der Waals surface area contributed by atoms with E-state index in [4.69, 9.17) is 18.0 Å². The van der Waals surface area contributed by atoms with E-state index in [0.29, 0.717) is 36.5 Å². The molecule has 1 fully saturated rings. The van der Waals surface area contributed by atoms with Crippen LogP contribution in [0.2, 0.25) is 0 Å². The van der Waals surface area contributed by atoms with Crippen LogP contribution >= 0.6 is 12.2 Å². The Kier molecular flexibility index (Phi) is 7.45. The van der Waals surface area contributed by atoms with E-state index in [2.05, 4.69) is 18.7 Å². The summed E-state index contributed by atoms with van der Waals surface area (Å²) in [5.74, 6) is 0.763. The monoisotopic (exact) mass is 299 g/mol. The summed E-state index contributed by atoms with van der Waals surface area (Å²) in [7, 11) is 1.84. The Labute approximate surface area is 128 Å². The Balaban J connectivity index is 2.50. The quantitative estimate of drug-likeness (QED) is 0.697. The van der Waals surface area contributed by atoms with Crippen molar-refractivity contribution in [2.24, 2.45) is 11.7 Å². The average molecular weight is 299 g/mol. The number of carbonyl (C=O) groups excluding carboxylic acids is 1. The van der Waals surface area contributed by atoms with E-state index in [-0.39, 0.29) is 5.91 Å². The molecule has 2 N–H and O–H groups in total. The summed E-state index contributed by atoms with van der Waals surface area (Å²) < 4.78 is 0. The van der Waals surface area contributed by atoms with Gasteiger partial charge in [0.1, 0.15) is 0 Å². The molecule has 0 unspecified atom stereocenters. The molecule has 0 heterocycles. The molecule has 1 saturated carbocycles. The molecule has 0 spiro atoms. The number of likely N-dealkylation sites (N-methyl/N-ethyl adjacent to an activating group) is 1. The molecule has 0 saturated heterocycles. The van der Waals surface area contributed by atoms with E-state index in [0.717, 1.165) is 6.54 Å². The minimum absolute atomic E-state index is 0.175. The third-order valence-corrected chi connectivity index (χ3v) is 4.10. The van der Waals surface area contributed by atoms with Crippen LogP contribution in [-0.4, -0.2) is 53.4 Å². The third kappa shape index (κ3) is 6.18. The summed E-state index contributed by atoms with van der Waals surface area (Å²) in [6.07, 6.45) is 5.66. The van der Waals surface area contributed by atoms with Crippen molar-refractivity contribution in [1.29, 1.82) is 0 Å². The standard InChI is InChI=1S/C15H29N3OS/c1-12(2)10-18(13-6-4-5-7-13)11-15(19)17(3)9-8-14(16)20/h12-13H,4-11H2,1-3H3,(H2,16,20). The second kappa shape index (κ2) is 8.57. The van der Waals surface area contributed by atoms with Crippen molar-refractivity contribution in [1.82, 2.24) is 9.80 Å². The fraction of sp³-hybridized carbons (Fsp3) is 0.867. The third-order valence-electron chi connectivity index (χ3n) is 3.90. The Bertz CT molecular complexity index is 327. The fourth-order valence-corrected chi connectivity index (χ4v) is 2.87. The highest BCUT2D eigenvalue weighted by Crippen LogP contribution is 2.24. The normalized spacial score (nSPS) is 16.1. The van der Waals surface area contributed by atoms with Gasteiger partial charge in [-0.25, -0.2) is 0 Å². The number of nitrogens with zero attached hydrogens (tertiary/aromatic N) is 2. The van der Waals surface area contributed by atoms with Crippen LogP contribution < -0.4 is 5.73 Å². The first-order valence-corrected chi connectivity index (χ1v) is 8.07. The topological polar surface area (TPSA) is 49.6 Å². The van der Waals surface area contributed by atoms with E-state index in [1.165, 1.54) is 25.7 Å². The Morgan fingerprint density at radius 2 is 1.95 bits per heavy atom. The summed E-state index contributed by atoms with van der Waals surface area (Å²) >= 11 is 4.86. The molecule has 4 nitrogen and oxygen atoms in total. The van der Waals surface area contributed by atoms with Gasteiger partial charge >= 0.3 is 0 Å². The van der Waals surface area contributed by atoms with Gasteiger partial charge in [0.2, 0.25) is 5.91 Å². The highest BCUT2D eigenvalue weighted by molar-refractivity contribution is 7.80. The molecule has 0 aliphatic heterocycles. The molecule has 1 rings (SSSR count). The van der Waals surface area contributed by atoms with Crippen molar-refractivity contribution in [2.45, 2.75) is 52.0 Å². The van der Waals surface area contributed by atoms with E-state index in [1.807, 2.05) is 7.05 Å². The number of rotatable bonds is 8. The largest absolute Gasteiger partial charge is 0.393 e. The maximum atomic E-state index is 12.3. The lowest BCUT2D eigenvalue weighted by molar-refractivity contribution is -0.131. The van der Waals surface area contributed by atoms with Crippen LogP contribution in [0, 0.1) is 5.92 Å². The van der Waals surface area contributed by atoms with Crippen molar-refractivity contribution in [2.75, 3.05) is 26.7 Å². The molecule has 0 atom stereocenters. The molecule has 0 aromatic rings. The molecule has 20 heavy (non-hydrogen) atoms. The average Bonchev–Trinajstić information content (AvgIpc) is 2.88. The van der Waals surface area contributed by atoms with Gasteiger partial charge in [0.25, 0.3) is 0 Å². The second-order valence-electron chi connectivity index (χ2n) is 6.29. The molecule has 5 heteroatoms. The van der Waals surface area contributed by atoms with E-state index < -0.39 is 0 Å². The lowest BCUT2D eigenvalue weighted by Gasteiger charge is -2.31. The number of hydrogen-bond acceptors (Lipinski definition) is 3. The maximum Gasteiger partial charge on any atom is 0.236 e. The van der Waals surface area contributed by atoms with E-state index in [1.54, 1.807) is 4.90 Å². The van der Waals surface area contributed by atoms with Crippen LogP contribution in [0.3, 0.4) is 0 Å². The number of thiocarbonyl (C=S) groups is 1. The van der Waals surface area contributed by atoms with Gasteiger partial charge in [0, 0.05) is 32.6 Å². The zero-order valence-corrected chi connectivity index (χ0v) is 13.9. The van der Waals surface area contributed by atoms with Crippen LogP contribution in [0.15, 0.2) is 0 Å². The van der Waals surface area contributed by atoms with Gasteiger partial charge in [-0.1, -0.05) is 38.9 Å². The predicted octanol–water partition coefficient (Wildman–Crippen LogP) is 2.02. The highest BCUT2D eigenvalue weighted by Gasteiger charge is 2.25. The van der Waals surface area contributed by atoms with Crippen LogP contribution in [0.4, 0.5) is 0 Å². The summed E-state index contributed by atoms with van der Waals surface area (Å²) in [5.41, 5.74) is 5.49. The molecule has 0 aromatic heterocycles. The van der Waals surface area contributed by atoms with Crippen LogP contribution in [0.5, 0.6) is 0 Å². The first-order valence-electron chi connectivity index (χ1n) is 7.66. The fourth-order valence-electron chi connectivity index (χ4n) is 2.78. The minimum Gasteiger partial charge on any atom is -0.393 e. The van der Waals surface area contributed by atoms with Crippen molar-refractivity contribution >= 4 is 23.1 Å². The van der Waals surface area contributed by atoms with Gasteiger partial charge in [0.05, 0.1) is 11.5 Å². The molecule has 0 aromatic carbocycles. The molecule has 0 bridgehead atoms. The summed E-state index contributed by atoms with van der Waals surface area (Å²) in [6, 6.07) is 0.588. The number of nitrogens with two attached hydrogens (primary N) is 1. The lowest BCUT2D eigenvalue weighted by Crippen LogP contribution is -2.44.